The molecular formula is C55H86O16Si2. The highest BCUT2D eigenvalue weighted by atomic mass is 28.3. The van der Waals surface area contributed by atoms with Crippen molar-refractivity contribution in [3.63, 3.8) is 0 Å². The van der Waals surface area contributed by atoms with Crippen LogP contribution in [0.5, 0.6) is 23.0 Å². The summed E-state index contributed by atoms with van der Waals surface area (Å²) in [4.78, 5) is 26.4. The van der Waals surface area contributed by atoms with Crippen molar-refractivity contribution in [2.75, 3.05) is 68.5 Å². The zero-order valence-electron chi connectivity index (χ0n) is 46.2. The van der Waals surface area contributed by atoms with Gasteiger partial charge in [-0.2, -0.15) is 0 Å². The van der Waals surface area contributed by atoms with E-state index in [4.69, 9.17) is 61.6 Å². The summed E-state index contributed by atoms with van der Waals surface area (Å²) in [5.74, 6) is -0.253. The number of esters is 2. The Labute approximate surface area is 436 Å². The first-order chi connectivity index (χ1) is 34.5. The molecule has 3 aromatic rings. The van der Waals surface area contributed by atoms with Gasteiger partial charge in [0.15, 0.2) is 25.2 Å². The topological polar surface area (TPSA) is 174 Å². The van der Waals surface area contributed by atoms with E-state index in [1.165, 1.54) is 14.2 Å². The molecule has 16 nitrogen and oxygen atoms in total. The minimum Gasteiger partial charge on any atom is -0.497 e. The van der Waals surface area contributed by atoms with E-state index in [-0.39, 0.29) is 44.6 Å². The first-order valence-corrected chi connectivity index (χ1v) is 32.9. The second-order valence-electron chi connectivity index (χ2n) is 21.7. The van der Waals surface area contributed by atoms with E-state index in [2.05, 4.69) is 39.3 Å². The van der Waals surface area contributed by atoms with Crippen molar-refractivity contribution in [1.29, 1.82) is 0 Å². The molecule has 73 heavy (non-hydrogen) atoms. The van der Waals surface area contributed by atoms with Crippen LogP contribution in [0.3, 0.4) is 0 Å². The number of hydrogen-bond donors (Lipinski definition) is 1. The molecule has 5 rings (SSSR count). The van der Waals surface area contributed by atoms with E-state index >= 15 is 0 Å². The molecular weight excluding hydrogens is 973 g/mol. The summed E-state index contributed by atoms with van der Waals surface area (Å²) in [6.07, 6.45) is 3.17. The van der Waals surface area contributed by atoms with Gasteiger partial charge in [-0.25, -0.2) is 9.59 Å². The zero-order chi connectivity index (χ0) is 53.8. The highest BCUT2D eigenvalue weighted by Gasteiger charge is 2.42. The van der Waals surface area contributed by atoms with Crippen LogP contribution in [0.25, 0.3) is 0 Å². The number of aliphatic hydroxyl groups is 1. The van der Waals surface area contributed by atoms with Crippen LogP contribution in [0.1, 0.15) is 90.8 Å². The second-order valence-corrected chi connectivity index (χ2v) is 32.9. The number of hydrogen-bond acceptors (Lipinski definition) is 16. The monoisotopic (exact) mass is 1060 g/mol. The van der Waals surface area contributed by atoms with Gasteiger partial charge in [-0.05, 0) is 107 Å². The van der Waals surface area contributed by atoms with E-state index in [1.54, 1.807) is 26.4 Å². The quantitative estimate of drug-likeness (QED) is 0.0395. The third-order valence-electron chi connectivity index (χ3n) is 12.0. The van der Waals surface area contributed by atoms with E-state index in [0.717, 1.165) is 41.6 Å². The van der Waals surface area contributed by atoms with Gasteiger partial charge in [-0.3, -0.25) is 0 Å². The number of rotatable bonds is 29. The summed E-state index contributed by atoms with van der Waals surface area (Å²) < 4.78 is 74.0. The van der Waals surface area contributed by atoms with Crippen LogP contribution in [0.15, 0.2) is 54.6 Å². The largest absolute Gasteiger partial charge is 0.497 e. The number of carbonyl (C=O) groups excluding carboxylic acids is 2. The fourth-order valence-electron chi connectivity index (χ4n) is 8.36. The van der Waals surface area contributed by atoms with Crippen molar-refractivity contribution in [3.8, 4) is 23.0 Å². The molecule has 4 atom stereocenters. The maximum atomic E-state index is 13.3. The van der Waals surface area contributed by atoms with Crippen molar-refractivity contribution in [3.05, 3.63) is 82.4 Å². The molecule has 2 aliphatic rings. The predicted molar refractivity (Wildman–Crippen MR) is 285 cm³/mol. The van der Waals surface area contributed by atoms with Gasteiger partial charge in [0.1, 0.15) is 46.3 Å². The fourth-order valence-corrected chi connectivity index (χ4v) is 9.79. The Bertz CT molecular complexity index is 2140. The lowest BCUT2D eigenvalue weighted by Gasteiger charge is -2.20. The van der Waals surface area contributed by atoms with Crippen molar-refractivity contribution in [2.45, 2.75) is 160 Å². The smallest absolute Gasteiger partial charge is 0.342 e. The van der Waals surface area contributed by atoms with Crippen LogP contribution in [0, 0.1) is 0 Å². The maximum absolute atomic E-state index is 13.3. The second kappa shape index (κ2) is 29.3. The number of ether oxygens (including phenoxy) is 13. The molecule has 2 saturated heterocycles. The van der Waals surface area contributed by atoms with Crippen LogP contribution in [-0.2, 0) is 62.1 Å². The van der Waals surface area contributed by atoms with Crippen LogP contribution in [0.2, 0.25) is 51.4 Å². The molecule has 0 aromatic heterocycles. The minimum absolute atomic E-state index is 0.00229. The van der Waals surface area contributed by atoms with Gasteiger partial charge in [-0.15, -0.1) is 0 Å². The van der Waals surface area contributed by atoms with Gasteiger partial charge in [0.05, 0.1) is 59.5 Å². The summed E-state index contributed by atoms with van der Waals surface area (Å²) in [7, 11) is 3.53. The van der Waals surface area contributed by atoms with E-state index in [0.29, 0.717) is 86.2 Å². The van der Waals surface area contributed by atoms with Gasteiger partial charge < -0.3 is 66.7 Å². The van der Waals surface area contributed by atoms with E-state index < -0.39 is 39.7 Å². The third-order valence-corrected chi connectivity index (χ3v) is 15.5. The van der Waals surface area contributed by atoms with Crippen molar-refractivity contribution in [1.82, 2.24) is 0 Å². The molecule has 0 amide bonds. The highest BCUT2D eigenvalue weighted by molar-refractivity contribution is 6.76. The first kappa shape index (κ1) is 61.5. The molecule has 1 N–H and O–H groups in total. The van der Waals surface area contributed by atoms with Gasteiger partial charge in [-0.1, -0.05) is 69.6 Å². The van der Waals surface area contributed by atoms with Gasteiger partial charge in [0, 0.05) is 42.5 Å². The number of benzene rings is 3. The molecule has 2 unspecified atom stereocenters. The minimum atomic E-state index is -1.36. The molecule has 2 heterocycles. The van der Waals surface area contributed by atoms with E-state index in [1.807, 2.05) is 70.2 Å². The average molecular weight is 1060 g/mol. The summed E-state index contributed by atoms with van der Waals surface area (Å²) in [6.45, 7) is 22.6. The molecule has 0 radical (unpaired) electrons. The summed E-state index contributed by atoms with van der Waals surface area (Å²) in [5.41, 5.74) is 3.51. The van der Waals surface area contributed by atoms with Crippen LogP contribution in [0.4, 0.5) is 0 Å². The number of methoxy groups -OCH3 is 4. The normalized spacial score (nSPS) is 19.2. The maximum Gasteiger partial charge on any atom is 0.342 e. The Hall–Kier alpha value is -4.09. The molecule has 0 aliphatic carbocycles. The van der Waals surface area contributed by atoms with Gasteiger partial charge >= 0.3 is 11.9 Å². The molecule has 0 saturated carbocycles. The van der Waals surface area contributed by atoms with Crippen LogP contribution in [-0.4, -0.2) is 138 Å². The van der Waals surface area contributed by atoms with Gasteiger partial charge in [0.25, 0.3) is 0 Å². The first-order valence-electron chi connectivity index (χ1n) is 25.4. The Balaban J connectivity index is 0.000000323. The Kier molecular flexibility index (Phi) is 24.6. The number of aliphatic hydroxyl groups excluding tert-OH is 1. The van der Waals surface area contributed by atoms with Crippen molar-refractivity contribution < 1.29 is 76.3 Å². The molecule has 410 valence electrons. The molecule has 2 aliphatic heterocycles. The summed E-state index contributed by atoms with van der Waals surface area (Å²) >= 11 is 0. The Morgan fingerprint density at radius 2 is 1.03 bits per heavy atom. The van der Waals surface area contributed by atoms with E-state index in [9.17, 15) is 14.7 Å². The van der Waals surface area contributed by atoms with Crippen LogP contribution < -0.4 is 18.9 Å². The Morgan fingerprint density at radius 1 is 0.603 bits per heavy atom. The van der Waals surface area contributed by atoms with Crippen molar-refractivity contribution in [2.24, 2.45) is 0 Å². The standard InChI is InChI=1S/C31H46O8Si.C24H40O8Si/c1-31(2)38-26(28(39-31)21-35-20-23-12-9-8-10-13-23)15-11-14-24-18-25(34-4)19-27(37-22-33-3)29(24)30(32)36-16-17-40(5,6)7;1-24(2)31-19(21(15-25)32-24)10-8-9-17-13-18(28-4)14-20(30-16-27-3)22(17)23(26)29-11-12-33(5,6)7/h8-10,12-13,18-19,26,28H,11,14-17,20-22H2,1-7H3;13-14,19,21,25H,8-12,15-16H2,1-7H3/t26-,28?;19-,21?/m00/s1. The summed E-state index contributed by atoms with van der Waals surface area (Å²) in [5, 5.41) is 9.62. The predicted octanol–water partition coefficient (Wildman–Crippen LogP) is 10.2. The highest BCUT2D eigenvalue weighted by Crippen LogP contribution is 2.36. The SMILES string of the molecule is COCOc1cc(OC)cc(CCC[C@@H]2OC(C)(C)OC2CO)c1C(=O)OCC[Si](C)(C)C.COCOc1cc(OC)cc(CCC[C@@H]2OC(C)(C)OC2COCc2ccccc2)c1C(=O)OCC[Si](C)(C)C. The summed E-state index contributed by atoms with van der Waals surface area (Å²) in [6, 6.07) is 18.9. The zero-order valence-corrected chi connectivity index (χ0v) is 48.2. The Morgan fingerprint density at radius 3 is 1.44 bits per heavy atom. The molecule has 0 bridgehead atoms. The molecule has 0 spiro atoms. The third kappa shape index (κ3) is 21.2. The molecule has 18 heteroatoms. The fraction of sp³-hybridized carbons (Fsp3) is 0.636. The lowest BCUT2D eigenvalue weighted by atomic mass is 9.98. The average Bonchev–Trinajstić information content (AvgIpc) is 3.80. The lowest BCUT2D eigenvalue weighted by Crippen LogP contribution is -2.28. The number of aryl methyl sites for hydroxylation is 2. The van der Waals surface area contributed by atoms with Gasteiger partial charge in [0.2, 0.25) is 0 Å². The lowest BCUT2D eigenvalue weighted by molar-refractivity contribution is -0.151. The molecule has 2 fully saturated rings. The van der Waals surface area contributed by atoms with Crippen molar-refractivity contribution >= 4 is 28.1 Å². The van der Waals surface area contributed by atoms with Crippen LogP contribution >= 0.6 is 0 Å². The number of carbonyl (C=O) groups is 2. The molecule has 3 aromatic carbocycles.